The van der Waals surface area contributed by atoms with Crippen LogP contribution in [0.5, 0.6) is 0 Å². The van der Waals surface area contributed by atoms with Crippen LogP contribution in [0.15, 0.2) is 133 Å². The molecule has 7 aromatic rings. The van der Waals surface area contributed by atoms with Gasteiger partial charge in [-0.3, -0.25) is 9.59 Å². The van der Waals surface area contributed by atoms with Gasteiger partial charge in [-0.15, -0.1) is 0 Å². The van der Waals surface area contributed by atoms with E-state index in [-0.39, 0.29) is 11.8 Å². The molecular formula is C40H28N2O2. The topological polar surface area (TPSA) is 42.3 Å². The van der Waals surface area contributed by atoms with Crippen molar-refractivity contribution in [1.82, 2.24) is 4.57 Å². The van der Waals surface area contributed by atoms with Crippen molar-refractivity contribution in [2.24, 2.45) is 0 Å². The van der Waals surface area contributed by atoms with Gasteiger partial charge in [-0.25, -0.2) is 4.90 Å². The van der Waals surface area contributed by atoms with E-state index in [1.54, 1.807) is 6.07 Å². The van der Waals surface area contributed by atoms with Crippen molar-refractivity contribution in [3.05, 3.63) is 156 Å². The number of hydrogen-bond acceptors (Lipinski definition) is 2. The van der Waals surface area contributed by atoms with Crippen molar-refractivity contribution < 1.29 is 9.59 Å². The van der Waals surface area contributed by atoms with Crippen molar-refractivity contribution in [3.8, 4) is 27.9 Å². The average molecular weight is 569 g/mol. The molecule has 1 aliphatic heterocycles. The Kier molecular flexibility index (Phi) is 5.85. The maximum atomic E-state index is 14.2. The minimum Gasteiger partial charge on any atom is -0.308 e. The van der Waals surface area contributed by atoms with E-state index in [4.69, 9.17) is 0 Å². The van der Waals surface area contributed by atoms with E-state index >= 15 is 0 Å². The monoisotopic (exact) mass is 568 g/mol. The fraction of sp³-hybridized carbons (Fsp3) is 0.0500. The maximum Gasteiger partial charge on any atom is 0.268 e. The molecule has 0 aliphatic carbocycles. The molecular weight excluding hydrogens is 540 g/mol. The van der Waals surface area contributed by atoms with Crippen LogP contribution in [-0.2, 0) is 0 Å². The molecule has 1 aromatic heterocycles. The summed E-state index contributed by atoms with van der Waals surface area (Å²) >= 11 is 0. The Morgan fingerprint density at radius 2 is 1.20 bits per heavy atom. The van der Waals surface area contributed by atoms with Crippen LogP contribution >= 0.6 is 0 Å². The summed E-state index contributed by atoms with van der Waals surface area (Å²) in [6, 6.07) is 44.4. The number of anilines is 1. The number of amides is 2. The first kappa shape index (κ1) is 25.9. The van der Waals surface area contributed by atoms with Gasteiger partial charge >= 0.3 is 0 Å². The second-order valence-electron chi connectivity index (χ2n) is 11.4. The summed E-state index contributed by atoms with van der Waals surface area (Å²) in [5, 5.41) is 2.22. The molecule has 0 saturated heterocycles. The Balaban J connectivity index is 1.30. The lowest BCUT2D eigenvalue weighted by atomic mass is 9.95. The van der Waals surface area contributed by atoms with Crippen molar-refractivity contribution >= 4 is 39.3 Å². The highest BCUT2D eigenvalue weighted by Crippen LogP contribution is 2.41. The van der Waals surface area contributed by atoms with Crippen molar-refractivity contribution in [2.45, 2.75) is 13.8 Å². The van der Waals surface area contributed by atoms with Gasteiger partial charge in [0.1, 0.15) is 0 Å². The predicted octanol–water partition coefficient (Wildman–Crippen LogP) is 9.54. The molecule has 210 valence electrons. The Bertz CT molecular complexity index is 2280. The minimum absolute atomic E-state index is 0.309. The molecule has 0 saturated carbocycles. The normalized spacial score (nSPS) is 12.8. The van der Waals surface area contributed by atoms with Gasteiger partial charge in [0, 0.05) is 10.8 Å². The number of carbonyl (C=O) groups excluding carboxylic acids is 2. The molecule has 6 aromatic carbocycles. The summed E-state index contributed by atoms with van der Waals surface area (Å²) in [4.78, 5) is 29.3. The fourth-order valence-electron chi connectivity index (χ4n) is 6.74. The lowest BCUT2D eigenvalue weighted by molar-refractivity contribution is 0.0926. The molecule has 0 bridgehead atoms. The molecule has 0 radical (unpaired) electrons. The van der Waals surface area contributed by atoms with Gasteiger partial charge in [-0.1, -0.05) is 103 Å². The first-order valence-electron chi connectivity index (χ1n) is 14.8. The smallest absolute Gasteiger partial charge is 0.268 e. The van der Waals surface area contributed by atoms with E-state index in [0.717, 1.165) is 38.5 Å². The summed E-state index contributed by atoms with van der Waals surface area (Å²) in [6.07, 6.45) is 0. The van der Waals surface area contributed by atoms with Crippen molar-refractivity contribution in [2.75, 3.05) is 4.90 Å². The van der Waals surface area contributed by atoms with Crippen LogP contribution in [0.3, 0.4) is 0 Å². The van der Waals surface area contributed by atoms with Gasteiger partial charge in [0.15, 0.2) is 0 Å². The zero-order valence-electron chi connectivity index (χ0n) is 24.4. The molecule has 0 atom stereocenters. The maximum absolute atomic E-state index is 14.2. The number of carbonyl (C=O) groups is 2. The van der Waals surface area contributed by atoms with Crippen LogP contribution in [-0.4, -0.2) is 16.4 Å². The molecule has 1 aliphatic rings. The number of para-hydroxylation sites is 1. The Labute approximate surface area is 255 Å². The highest BCUT2D eigenvalue weighted by Gasteiger charge is 2.39. The number of benzene rings is 6. The number of aromatic nitrogens is 1. The van der Waals surface area contributed by atoms with Crippen LogP contribution in [0.4, 0.5) is 5.69 Å². The van der Waals surface area contributed by atoms with E-state index in [1.165, 1.54) is 21.6 Å². The Morgan fingerprint density at radius 1 is 0.523 bits per heavy atom. The SMILES string of the molecule is Cc1ccc(-c2cccc3c2c2ccccc2n3-c2cccc3c2C(=O)N(c2ccc(-c4ccccc4)cc2)C3=O)c(C)c1. The third kappa shape index (κ3) is 3.85. The second kappa shape index (κ2) is 9.92. The molecule has 0 unspecified atom stereocenters. The number of rotatable bonds is 4. The summed E-state index contributed by atoms with van der Waals surface area (Å²) < 4.78 is 2.14. The van der Waals surface area contributed by atoms with E-state index < -0.39 is 0 Å². The third-order valence-electron chi connectivity index (χ3n) is 8.74. The van der Waals surface area contributed by atoms with Gasteiger partial charge in [0.25, 0.3) is 11.8 Å². The minimum atomic E-state index is -0.315. The van der Waals surface area contributed by atoms with Crippen LogP contribution in [0.25, 0.3) is 49.7 Å². The third-order valence-corrected chi connectivity index (χ3v) is 8.74. The molecule has 8 rings (SSSR count). The van der Waals surface area contributed by atoms with Gasteiger partial charge in [-0.2, -0.15) is 0 Å². The van der Waals surface area contributed by atoms with E-state index in [2.05, 4.69) is 73.0 Å². The van der Waals surface area contributed by atoms with Gasteiger partial charge in [0.2, 0.25) is 0 Å². The standard InChI is InChI=1S/C40H28N2O2/c1-25-18-23-30(26(2)24-25)31-13-8-16-35-37(31)32-12-6-7-15-34(32)42(35)36-17-9-14-33-38(36)40(44)41(39(33)43)29-21-19-28(20-22-29)27-10-4-3-5-11-27/h3-24H,1-2H3. The Hall–Kier alpha value is -5.74. The van der Waals surface area contributed by atoms with E-state index in [9.17, 15) is 9.59 Å². The number of hydrogen-bond donors (Lipinski definition) is 0. The fourth-order valence-corrected chi connectivity index (χ4v) is 6.74. The van der Waals surface area contributed by atoms with Gasteiger partial charge in [-0.05, 0) is 78.1 Å². The molecule has 44 heavy (non-hydrogen) atoms. The quantitative estimate of drug-likeness (QED) is 0.198. The predicted molar refractivity (Wildman–Crippen MR) is 179 cm³/mol. The molecule has 0 fully saturated rings. The molecule has 2 amide bonds. The second-order valence-corrected chi connectivity index (χ2v) is 11.4. The summed E-state index contributed by atoms with van der Waals surface area (Å²) in [5.41, 5.74) is 10.9. The van der Waals surface area contributed by atoms with Gasteiger partial charge in [0.05, 0.1) is 33.5 Å². The van der Waals surface area contributed by atoms with Crippen LogP contribution < -0.4 is 4.90 Å². The number of imide groups is 1. The van der Waals surface area contributed by atoms with Crippen molar-refractivity contribution in [1.29, 1.82) is 0 Å². The number of nitrogens with zero attached hydrogens (tertiary/aromatic N) is 2. The average Bonchev–Trinajstić information content (AvgIpc) is 3.53. The summed E-state index contributed by atoms with van der Waals surface area (Å²) in [6.45, 7) is 4.26. The molecule has 4 nitrogen and oxygen atoms in total. The highest BCUT2D eigenvalue weighted by atomic mass is 16.2. The van der Waals surface area contributed by atoms with E-state index in [1.807, 2.05) is 72.8 Å². The Morgan fingerprint density at radius 3 is 2.00 bits per heavy atom. The molecule has 2 heterocycles. The summed E-state index contributed by atoms with van der Waals surface area (Å²) in [5.74, 6) is -0.624. The number of aryl methyl sites for hydroxylation is 2. The largest absolute Gasteiger partial charge is 0.308 e. The van der Waals surface area contributed by atoms with Gasteiger partial charge < -0.3 is 4.57 Å². The zero-order valence-corrected chi connectivity index (χ0v) is 24.4. The molecule has 4 heteroatoms. The lowest BCUT2D eigenvalue weighted by Gasteiger charge is -2.15. The lowest BCUT2D eigenvalue weighted by Crippen LogP contribution is -2.29. The zero-order chi connectivity index (χ0) is 29.9. The highest BCUT2D eigenvalue weighted by molar-refractivity contribution is 6.36. The van der Waals surface area contributed by atoms with Crippen molar-refractivity contribution in [3.63, 3.8) is 0 Å². The first-order valence-corrected chi connectivity index (χ1v) is 14.8. The van der Waals surface area contributed by atoms with E-state index in [0.29, 0.717) is 22.5 Å². The van der Waals surface area contributed by atoms with Crippen LogP contribution in [0, 0.1) is 13.8 Å². The van der Waals surface area contributed by atoms with Crippen LogP contribution in [0.2, 0.25) is 0 Å². The van der Waals surface area contributed by atoms with Crippen LogP contribution in [0.1, 0.15) is 31.8 Å². The summed E-state index contributed by atoms with van der Waals surface area (Å²) in [7, 11) is 0. The molecule has 0 N–H and O–H groups in total. The number of fused-ring (bicyclic) bond motifs is 4. The first-order chi connectivity index (χ1) is 21.5. The molecule has 0 spiro atoms.